The number of amides is 1. The lowest BCUT2D eigenvalue weighted by molar-refractivity contribution is -0.124. The maximum absolute atomic E-state index is 11.4. The van der Waals surface area contributed by atoms with Gasteiger partial charge in [-0.1, -0.05) is 13.8 Å². The van der Waals surface area contributed by atoms with Crippen molar-refractivity contribution in [2.24, 2.45) is 5.73 Å². The molecule has 0 aliphatic heterocycles. The van der Waals surface area contributed by atoms with Crippen LogP contribution in [0, 0.1) is 0 Å². The number of nitrogens with zero attached hydrogens (tertiary/aromatic N) is 1. The molecular weight excluding hydrogens is 202 g/mol. The second-order valence-corrected chi connectivity index (χ2v) is 4.84. The molecule has 0 aromatic heterocycles. The number of hydrogen-bond acceptors (Lipinski definition) is 3. The van der Waals surface area contributed by atoms with Crippen LogP contribution in [0.4, 0.5) is 0 Å². The molecule has 94 valence electrons. The number of nitrogens with one attached hydrogen (secondary N) is 1. The van der Waals surface area contributed by atoms with Gasteiger partial charge in [-0.3, -0.25) is 4.79 Å². The van der Waals surface area contributed by atoms with Gasteiger partial charge >= 0.3 is 0 Å². The topological polar surface area (TPSA) is 58.4 Å². The molecule has 1 amide bonds. The number of primary amides is 1. The summed E-state index contributed by atoms with van der Waals surface area (Å²) in [5, 5.41) is 3.20. The number of carbonyl (C=O) groups excluding carboxylic acids is 1. The van der Waals surface area contributed by atoms with Gasteiger partial charge in [-0.15, -0.1) is 0 Å². The van der Waals surface area contributed by atoms with E-state index >= 15 is 0 Å². The Labute approximate surface area is 98.6 Å². The van der Waals surface area contributed by atoms with Crippen molar-refractivity contribution < 1.29 is 4.79 Å². The van der Waals surface area contributed by atoms with Crippen LogP contribution in [0.25, 0.3) is 0 Å². The largest absolute Gasteiger partial charge is 0.368 e. The molecule has 0 heterocycles. The molecule has 1 saturated carbocycles. The van der Waals surface area contributed by atoms with Crippen LogP contribution in [0.5, 0.6) is 0 Å². The Hall–Kier alpha value is -0.610. The van der Waals surface area contributed by atoms with E-state index in [1.165, 1.54) is 12.8 Å². The zero-order valence-electron chi connectivity index (χ0n) is 10.8. The number of likely N-dealkylation sites (N-methyl/N-ethyl adjacent to an activating group) is 1. The highest BCUT2D eigenvalue weighted by Crippen LogP contribution is 2.27. The monoisotopic (exact) mass is 227 g/mol. The Balaban J connectivity index is 2.44. The summed E-state index contributed by atoms with van der Waals surface area (Å²) in [6.45, 7) is 8.86. The summed E-state index contributed by atoms with van der Waals surface area (Å²) in [6, 6.07) is 0.753. The lowest BCUT2D eigenvalue weighted by Crippen LogP contribution is -2.54. The molecule has 1 rings (SSSR count). The maximum Gasteiger partial charge on any atom is 0.237 e. The van der Waals surface area contributed by atoms with E-state index in [-0.39, 0.29) is 5.91 Å². The SMILES string of the molecule is CCNC(C)(CCN(CC)C1CC1)C(N)=O. The molecule has 0 spiro atoms. The van der Waals surface area contributed by atoms with Crippen LogP contribution < -0.4 is 11.1 Å². The average molecular weight is 227 g/mol. The average Bonchev–Trinajstić information content (AvgIpc) is 3.03. The molecule has 0 radical (unpaired) electrons. The Kier molecular flexibility index (Phi) is 4.74. The molecule has 1 unspecified atom stereocenters. The van der Waals surface area contributed by atoms with Gasteiger partial charge in [0.15, 0.2) is 0 Å². The van der Waals surface area contributed by atoms with Gasteiger partial charge in [-0.2, -0.15) is 0 Å². The van der Waals surface area contributed by atoms with Crippen molar-refractivity contribution >= 4 is 5.91 Å². The number of hydrogen-bond donors (Lipinski definition) is 2. The Morgan fingerprint density at radius 3 is 2.50 bits per heavy atom. The highest BCUT2D eigenvalue weighted by atomic mass is 16.1. The molecule has 0 aromatic rings. The first-order valence-electron chi connectivity index (χ1n) is 6.32. The van der Waals surface area contributed by atoms with Crippen molar-refractivity contribution in [1.29, 1.82) is 0 Å². The molecule has 16 heavy (non-hydrogen) atoms. The van der Waals surface area contributed by atoms with Crippen molar-refractivity contribution in [1.82, 2.24) is 10.2 Å². The number of rotatable bonds is 8. The maximum atomic E-state index is 11.4. The predicted molar refractivity (Wildman–Crippen MR) is 66.2 cm³/mol. The van der Waals surface area contributed by atoms with E-state index in [4.69, 9.17) is 5.73 Å². The van der Waals surface area contributed by atoms with Crippen LogP contribution in [-0.2, 0) is 4.79 Å². The highest BCUT2D eigenvalue weighted by molar-refractivity contribution is 5.84. The van der Waals surface area contributed by atoms with Crippen LogP contribution in [0.15, 0.2) is 0 Å². The van der Waals surface area contributed by atoms with E-state index in [0.717, 1.165) is 32.1 Å². The minimum absolute atomic E-state index is 0.249. The summed E-state index contributed by atoms with van der Waals surface area (Å²) < 4.78 is 0. The molecule has 1 fully saturated rings. The second-order valence-electron chi connectivity index (χ2n) is 4.84. The summed E-state index contributed by atoms with van der Waals surface area (Å²) in [4.78, 5) is 13.9. The molecule has 3 N–H and O–H groups in total. The van der Waals surface area contributed by atoms with E-state index < -0.39 is 5.54 Å². The van der Waals surface area contributed by atoms with Gasteiger partial charge in [0.1, 0.15) is 0 Å². The van der Waals surface area contributed by atoms with Gasteiger partial charge in [-0.05, 0) is 39.3 Å². The first-order chi connectivity index (χ1) is 7.53. The van der Waals surface area contributed by atoms with Gasteiger partial charge in [0, 0.05) is 12.6 Å². The first kappa shape index (κ1) is 13.5. The molecule has 1 aliphatic rings. The molecular formula is C12H25N3O. The smallest absolute Gasteiger partial charge is 0.237 e. The molecule has 4 heteroatoms. The predicted octanol–water partition coefficient (Wildman–Crippen LogP) is 0.714. The summed E-state index contributed by atoms with van der Waals surface area (Å²) >= 11 is 0. The normalized spacial score (nSPS) is 19.8. The van der Waals surface area contributed by atoms with E-state index in [2.05, 4.69) is 17.1 Å². The fraction of sp³-hybridized carbons (Fsp3) is 0.917. The lowest BCUT2D eigenvalue weighted by Gasteiger charge is -2.30. The molecule has 0 bridgehead atoms. The van der Waals surface area contributed by atoms with Crippen LogP contribution in [0.3, 0.4) is 0 Å². The van der Waals surface area contributed by atoms with E-state index in [9.17, 15) is 4.79 Å². The van der Waals surface area contributed by atoms with Crippen molar-refractivity contribution in [3.63, 3.8) is 0 Å². The number of nitrogens with two attached hydrogens (primary N) is 1. The van der Waals surface area contributed by atoms with Gasteiger partial charge in [0.2, 0.25) is 5.91 Å². The van der Waals surface area contributed by atoms with Crippen LogP contribution >= 0.6 is 0 Å². The van der Waals surface area contributed by atoms with E-state index in [1.54, 1.807) is 0 Å². The summed E-state index contributed by atoms with van der Waals surface area (Å²) in [5.41, 5.74) is 4.90. The summed E-state index contributed by atoms with van der Waals surface area (Å²) in [7, 11) is 0. The van der Waals surface area contributed by atoms with Crippen LogP contribution in [0.2, 0.25) is 0 Å². The molecule has 0 saturated heterocycles. The number of carbonyl (C=O) groups is 1. The summed E-state index contributed by atoms with van der Waals surface area (Å²) in [6.07, 6.45) is 3.41. The molecule has 1 atom stereocenters. The van der Waals surface area contributed by atoms with Gasteiger partial charge in [-0.25, -0.2) is 0 Å². The zero-order chi connectivity index (χ0) is 12.2. The Morgan fingerprint density at radius 2 is 2.12 bits per heavy atom. The Morgan fingerprint density at radius 1 is 1.50 bits per heavy atom. The zero-order valence-corrected chi connectivity index (χ0v) is 10.8. The third kappa shape index (κ3) is 3.46. The van der Waals surface area contributed by atoms with Crippen molar-refractivity contribution in [2.75, 3.05) is 19.6 Å². The lowest BCUT2D eigenvalue weighted by atomic mass is 9.96. The van der Waals surface area contributed by atoms with Crippen molar-refractivity contribution in [2.45, 2.75) is 51.6 Å². The summed E-state index contributed by atoms with van der Waals surface area (Å²) in [5.74, 6) is -0.249. The second kappa shape index (κ2) is 5.64. The van der Waals surface area contributed by atoms with E-state index in [1.807, 2.05) is 13.8 Å². The van der Waals surface area contributed by atoms with Gasteiger partial charge < -0.3 is 16.0 Å². The minimum Gasteiger partial charge on any atom is -0.368 e. The quantitative estimate of drug-likeness (QED) is 0.642. The first-order valence-corrected chi connectivity index (χ1v) is 6.32. The third-order valence-corrected chi connectivity index (χ3v) is 3.48. The molecule has 0 aromatic carbocycles. The third-order valence-electron chi connectivity index (χ3n) is 3.48. The highest BCUT2D eigenvalue weighted by Gasteiger charge is 2.33. The Bertz CT molecular complexity index is 240. The minimum atomic E-state index is -0.558. The fourth-order valence-electron chi connectivity index (χ4n) is 2.09. The van der Waals surface area contributed by atoms with Crippen molar-refractivity contribution in [3.8, 4) is 0 Å². The van der Waals surface area contributed by atoms with E-state index in [0.29, 0.717) is 0 Å². The van der Waals surface area contributed by atoms with Gasteiger partial charge in [0.05, 0.1) is 5.54 Å². The molecule has 1 aliphatic carbocycles. The van der Waals surface area contributed by atoms with Crippen LogP contribution in [0.1, 0.15) is 40.0 Å². The van der Waals surface area contributed by atoms with Crippen molar-refractivity contribution in [3.05, 3.63) is 0 Å². The van der Waals surface area contributed by atoms with Crippen LogP contribution in [-0.4, -0.2) is 42.0 Å². The van der Waals surface area contributed by atoms with Gasteiger partial charge in [0.25, 0.3) is 0 Å². The molecule has 4 nitrogen and oxygen atoms in total. The standard InChI is InChI=1S/C12H25N3O/c1-4-14-12(3,11(13)16)8-9-15(5-2)10-6-7-10/h10,14H,4-9H2,1-3H3,(H2,13,16). The fourth-order valence-corrected chi connectivity index (χ4v) is 2.09.